The fraction of sp³-hybridized carbons (Fsp3) is 0.667. The molecule has 1 rings (SSSR count). The monoisotopic (exact) mass is 261 g/mol. The third kappa shape index (κ3) is 5.67. The minimum Gasteiger partial charge on any atom is -0.372 e. The average molecular weight is 261 g/mol. The van der Waals surface area contributed by atoms with Crippen LogP contribution in [-0.4, -0.2) is 13.1 Å². The minimum atomic E-state index is 1.12. The van der Waals surface area contributed by atoms with E-state index in [1.165, 1.54) is 62.7 Å². The molecule has 0 aliphatic carbocycles. The van der Waals surface area contributed by atoms with Gasteiger partial charge in [-0.15, -0.1) is 0 Å². The van der Waals surface area contributed by atoms with Crippen molar-refractivity contribution in [2.75, 3.05) is 18.0 Å². The second-order valence-corrected chi connectivity index (χ2v) is 5.37. The second kappa shape index (κ2) is 9.89. The summed E-state index contributed by atoms with van der Waals surface area (Å²) in [4.78, 5) is 2.56. The Morgan fingerprint density at radius 1 is 0.842 bits per heavy atom. The van der Waals surface area contributed by atoms with Gasteiger partial charge in [0, 0.05) is 18.8 Å². The zero-order valence-corrected chi connectivity index (χ0v) is 13.1. The van der Waals surface area contributed by atoms with Gasteiger partial charge in [-0.2, -0.15) is 0 Å². The predicted molar refractivity (Wildman–Crippen MR) is 87.1 cm³/mol. The maximum absolute atomic E-state index is 2.56. The van der Waals surface area contributed by atoms with Gasteiger partial charge in [-0.05, 0) is 37.8 Å². The summed E-state index contributed by atoms with van der Waals surface area (Å²) < 4.78 is 0. The van der Waals surface area contributed by atoms with Crippen LogP contribution in [0.5, 0.6) is 0 Å². The van der Waals surface area contributed by atoms with Gasteiger partial charge in [0.2, 0.25) is 0 Å². The van der Waals surface area contributed by atoms with E-state index in [4.69, 9.17) is 0 Å². The van der Waals surface area contributed by atoms with Crippen molar-refractivity contribution in [3.8, 4) is 0 Å². The van der Waals surface area contributed by atoms with Gasteiger partial charge in [0.15, 0.2) is 0 Å². The number of anilines is 1. The Kier molecular flexibility index (Phi) is 8.36. The summed E-state index contributed by atoms with van der Waals surface area (Å²) in [6, 6.07) is 8.97. The van der Waals surface area contributed by atoms with Crippen molar-refractivity contribution in [2.24, 2.45) is 0 Å². The molecule has 0 radical (unpaired) electrons. The summed E-state index contributed by atoms with van der Waals surface area (Å²) in [5.41, 5.74) is 3.00. The van der Waals surface area contributed by atoms with Crippen molar-refractivity contribution in [3.63, 3.8) is 0 Å². The van der Waals surface area contributed by atoms with Crippen LogP contribution in [0.4, 0.5) is 5.69 Å². The first-order valence-corrected chi connectivity index (χ1v) is 8.16. The summed E-state index contributed by atoms with van der Waals surface area (Å²) in [6.45, 7) is 9.15. The van der Waals surface area contributed by atoms with E-state index < -0.39 is 0 Å². The molecule has 0 heterocycles. The summed E-state index contributed by atoms with van der Waals surface area (Å²) >= 11 is 0. The highest BCUT2D eigenvalue weighted by Crippen LogP contribution is 2.22. The molecule has 0 fully saturated rings. The lowest BCUT2D eigenvalue weighted by molar-refractivity contribution is 0.647. The van der Waals surface area contributed by atoms with Crippen molar-refractivity contribution >= 4 is 5.69 Å². The summed E-state index contributed by atoms with van der Waals surface area (Å²) in [5.74, 6) is 0. The van der Waals surface area contributed by atoms with E-state index in [0.717, 1.165) is 6.54 Å². The number of nitrogens with zero attached hydrogens (tertiary/aromatic N) is 1. The highest BCUT2D eigenvalue weighted by atomic mass is 15.1. The molecule has 0 bridgehead atoms. The standard InChI is InChI=1S/C18H31N/c1-4-7-9-12-16-19(6-3)18-15-11-10-14-17(18)13-8-5-2/h10-11,14-15H,4-9,12-13,16H2,1-3H3. The van der Waals surface area contributed by atoms with E-state index in [-0.39, 0.29) is 0 Å². The molecule has 0 saturated carbocycles. The van der Waals surface area contributed by atoms with E-state index in [9.17, 15) is 0 Å². The first kappa shape index (κ1) is 16.1. The Labute approximate surface area is 120 Å². The largest absolute Gasteiger partial charge is 0.372 e. The van der Waals surface area contributed by atoms with Gasteiger partial charge in [0.25, 0.3) is 0 Å². The lowest BCUT2D eigenvalue weighted by atomic mass is 10.0. The smallest absolute Gasteiger partial charge is 0.0398 e. The number of hydrogen-bond acceptors (Lipinski definition) is 1. The van der Waals surface area contributed by atoms with Gasteiger partial charge in [-0.3, -0.25) is 0 Å². The number of hydrogen-bond donors (Lipinski definition) is 0. The van der Waals surface area contributed by atoms with Gasteiger partial charge in [-0.25, -0.2) is 0 Å². The summed E-state index contributed by atoms with van der Waals surface area (Å²) in [7, 11) is 0. The number of rotatable bonds is 10. The number of benzene rings is 1. The normalized spacial score (nSPS) is 10.7. The molecule has 0 aromatic heterocycles. The topological polar surface area (TPSA) is 3.24 Å². The molecule has 108 valence electrons. The van der Waals surface area contributed by atoms with Gasteiger partial charge in [-0.1, -0.05) is 57.7 Å². The zero-order valence-electron chi connectivity index (χ0n) is 13.1. The molecule has 0 atom stereocenters. The van der Waals surface area contributed by atoms with E-state index in [1.54, 1.807) is 0 Å². The Morgan fingerprint density at radius 2 is 1.58 bits per heavy atom. The molecule has 0 spiro atoms. The molecule has 1 aromatic carbocycles. The van der Waals surface area contributed by atoms with Crippen molar-refractivity contribution in [3.05, 3.63) is 29.8 Å². The van der Waals surface area contributed by atoms with Gasteiger partial charge in [0.1, 0.15) is 0 Å². The number of para-hydroxylation sites is 1. The minimum absolute atomic E-state index is 1.12. The van der Waals surface area contributed by atoms with E-state index in [1.807, 2.05) is 0 Å². The SMILES string of the molecule is CCCCCCN(CC)c1ccccc1CCCC. The fourth-order valence-corrected chi connectivity index (χ4v) is 2.58. The van der Waals surface area contributed by atoms with E-state index >= 15 is 0 Å². The van der Waals surface area contributed by atoms with Crippen LogP contribution in [0.3, 0.4) is 0 Å². The second-order valence-electron chi connectivity index (χ2n) is 5.37. The molecule has 0 saturated heterocycles. The lowest BCUT2D eigenvalue weighted by Crippen LogP contribution is -2.25. The molecule has 1 heteroatoms. The van der Waals surface area contributed by atoms with Crippen LogP contribution in [0.1, 0.15) is 64.9 Å². The van der Waals surface area contributed by atoms with Crippen LogP contribution < -0.4 is 4.90 Å². The van der Waals surface area contributed by atoms with Gasteiger partial charge in [0.05, 0.1) is 0 Å². The maximum Gasteiger partial charge on any atom is 0.0398 e. The molecule has 0 unspecified atom stereocenters. The van der Waals surface area contributed by atoms with Crippen LogP contribution in [0.25, 0.3) is 0 Å². The first-order valence-electron chi connectivity index (χ1n) is 8.16. The fourth-order valence-electron chi connectivity index (χ4n) is 2.58. The van der Waals surface area contributed by atoms with Gasteiger partial charge >= 0.3 is 0 Å². The Morgan fingerprint density at radius 3 is 2.26 bits per heavy atom. The van der Waals surface area contributed by atoms with Crippen LogP contribution in [-0.2, 0) is 6.42 Å². The molecule has 0 aliphatic heterocycles. The van der Waals surface area contributed by atoms with Crippen LogP contribution in [0.15, 0.2) is 24.3 Å². The van der Waals surface area contributed by atoms with Crippen LogP contribution in [0, 0.1) is 0 Å². The van der Waals surface area contributed by atoms with E-state index in [2.05, 4.69) is 49.9 Å². The van der Waals surface area contributed by atoms with Gasteiger partial charge < -0.3 is 4.90 Å². The summed E-state index contributed by atoms with van der Waals surface area (Å²) in [5, 5.41) is 0. The van der Waals surface area contributed by atoms with Crippen molar-refractivity contribution in [2.45, 2.75) is 65.7 Å². The molecule has 0 aliphatic rings. The van der Waals surface area contributed by atoms with Crippen molar-refractivity contribution in [1.29, 1.82) is 0 Å². The first-order chi connectivity index (χ1) is 9.33. The quantitative estimate of drug-likeness (QED) is 0.507. The Hall–Kier alpha value is -0.980. The van der Waals surface area contributed by atoms with Crippen LogP contribution in [0.2, 0.25) is 0 Å². The maximum atomic E-state index is 2.56. The average Bonchev–Trinajstić information content (AvgIpc) is 2.46. The molecule has 1 nitrogen and oxygen atoms in total. The van der Waals surface area contributed by atoms with E-state index in [0.29, 0.717) is 0 Å². The molecular weight excluding hydrogens is 230 g/mol. The Bertz CT molecular complexity index is 332. The highest BCUT2D eigenvalue weighted by molar-refractivity contribution is 5.53. The van der Waals surface area contributed by atoms with Crippen molar-refractivity contribution in [1.82, 2.24) is 0 Å². The summed E-state index contributed by atoms with van der Waals surface area (Å²) in [6.07, 6.45) is 9.17. The highest BCUT2D eigenvalue weighted by Gasteiger charge is 2.08. The van der Waals surface area contributed by atoms with Crippen LogP contribution >= 0.6 is 0 Å². The molecule has 0 N–H and O–H groups in total. The molecule has 0 amide bonds. The lowest BCUT2D eigenvalue weighted by Gasteiger charge is -2.26. The predicted octanol–water partition coefficient (Wildman–Crippen LogP) is 5.44. The third-order valence-corrected chi connectivity index (χ3v) is 3.80. The molecule has 1 aromatic rings. The number of unbranched alkanes of at least 4 members (excludes halogenated alkanes) is 4. The van der Waals surface area contributed by atoms with Crippen molar-refractivity contribution < 1.29 is 0 Å². The molecule has 19 heavy (non-hydrogen) atoms. The third-order valence-electron chi connectivity index (χ3n) is 3.80. The molecular formula is C18H31N. The zero-order chi connectivity index (χ0) is 13.9. The Balaban J connectivity index is 2.62. The number of aryl methyl sites for hydroxylation is 1.